The fourth-order valence-corrected chi connectivity index (χ4v) is 4.58. The van der Waals surface area contributed by atoms with Gasteiger partial charge in [-0.3, -0.25) is 14.7 Å². The first kappa shape index (κ1) is 20.2. The van der Waals surface area contributed by atoms with Gasteiger partial charge in [0.25, 0.3) is 5.22 Å². The second-order valence-corrected chi connectivity index (χ2v) is 8.43. The van der Waals surface area contributed by atoms with Crippen LogP contribution in [0.3, 0.4) is 0 Å². The molecule has 0 saturated heterocycles. The van der Waals surface area contributed by atoms with Crippen LogP contribution in [0.1, 0.15) is 23.7 Å². The monoisotopic (exact) mass is 437 g/mol. The number of hydrogen-bond donors (Lipinski definition) is 0. The fraction of sp³-hybridized carbons (Fsp3) is 0.190. The van der Waals surface area contributed by atoms with Crippen molar-refractivity contribution in [2.24, 2.45) is 0 Å². The molecule has 0 aliphatic heterocycles. The molecule has 152 valence electrons. The van der Waals surface area contributed by atoms with Crippen LogP contribution in [0.4, 0.5) is 10.8 Å². The summed E-state index contributed by atoms with van der Waals surface area (Å²) in [5.74, 6) is 0.943. The van der Waals surface area contributed by atoms with E-state index in [1.807, 2.05) is 43.5 Å². The molecule has 7 nitrogen and oxygen atoms in total. The van der Waals surface area contributed by atoms with Crippen molar-refractivity contribution in [3.8, 4) is 11.5 Å². The molecule has 0 atom stereocenters. The number of carbonyl (C=O) groups is 1. The predicted octanol–water partition coefficient (Wildman–Crippen LogP) is 5.18. The lowest BCUT2D eigenvalue weighted by molar-refractivity contribution is -0.115. The minimum Gasteiger partial charge on any atom is -0.411 e. The number of carbonyl (C=O) groups excluding carboxylic acids is 1. The highest BCUT2D eigenvalue weighted by atomic mass is 32.2. The average Bonchev–Trinajstić information content (AvgIpc) is 3.38. The van der Waals surface area contributed by atoms with Gasteiger partial charge in [-0.2, -0.15) is 0 Å². The van der Waals surface area contributed by atoms with Crippen molar-refractivity contribution in [3.05, 3.63) is 64.9 Å². The van der Waals surface area contributed by atoms with E-state index in [9.17, 15) is 4.79 Å². The van der Waals surface area contributed by atoms with Crippen molar-refractivity contribution in [1.82, 2.24) is 20.2 Å². The molecular formula is C21H19N5O2S2. The molecule has 0 unspecified atom stereocenters. The van der Waals surface area contributed by atoms with Gasteiger partial charge in [-0.15, -0.1) is 21.5 Å². The predicted molar refractivity (Wildman–Crippen MR) is 118 cm³/mol. The number of nitrogens with zero attached hydrogens (tertiary/aromatic N) is 5. The van der Waals surface area contributed by atoms with E-state index in [1.165, 1.54) is 23.1 Å². The Morgan fingerprint density at radius 3 is 2.70 bits per heavy atom. The van der Waals surface area contributed by atoms with Crippen molar-refractivity contribution in [3.63, 3.8) is 0 Å². The van der Waals surface area contributed by atoms with Crippen LogP contribution in [-0.2, 0) is 10.5 Å². The van der Waals surface area contributed by atoms with Crippen molar-refractivity contribution < 1.29 is 9.21 Å². The molecule has 0 aliphatic carbocycles. The second kappa shape index (κ2) is 8.76. The van der Waals surface area contributed by atoms with Gasteiger partial charge in [-0.1, -0.05) is 29.5 Å². The van der Waals surface area contributed by atoms with Crippen molar-refractivity contribution in [2.45, 2.75) is 31.7 Å². The van der Waals surface area contributed by atoms with Gasteiger partial charge in [0.15, 0.2) is 5.13 Å². The fourth-order valence-electron chi connectivity index (χ4n) is 2.94. The summed E-state index contributed by atoms with van der Waals surface area (Å²) in [6.45, 7) is 5.58. The molecule has 1 aromatic carbocycles. The quantitative estimate of drug-likeness (QED) is 0.384. The van der Waals surface area contributed by atoms with Crippen LogP contribution < -0.4 is 4.90 Å². The molecule has 0 bridgehead atoms. The summed E-state index contributed by atoms with van der Waals surface area (Å²) < 4.78 is 5.70. The molecule has 0 N–H and O–H groups in total. The van der Waals surface area contributed by atoms with Gasteiger partial charge in [-0.05, 0) is 37.6 Å². The molecule has 3 aromatic heterocycles. The third-order valence-corrected chi connectivity index (χ3v) is 6.04. The van der Waals surface area contributed by atoms with Gasteiger partial charge in [0.1, 0.15) is 0 Å². The molecule has 3 heterocycles. The zero-order chi connectivity index (χ0) is 21.1. The minimum absolute atomic E-state index is 0.0746. The largest absolute Gasteiger partial charge is 0.411 e. The standard InChI is InChI=1S/C21H19N5O2S2/c1-13-4-5-18(14(2)10-13)26(15(3)27)20-23-17(11-29-20)12-30-21-25-24-19(28-21)16-6-8-22-9-7-16/h4-11H,12H2,1-3H3. The Hall–Kier alpha value is -3.04. The third kappa shape index (κ3) is 4.42. The highest BCUT2D eigenvalue weighted by molar-refractivity contribution is 7.98. The smallest absolute Gasteiger partial charge is 0.277 e. The van der Waals surface area contributed by atoms with Gasteiger partial charge in [0.2, 0.25) is 11.8 Å². The van der Waals surface area contributed by atoms with Crippen LogP contribution in [-0.4, -0.2) is 26.1 Å². The number of thioether (sulfide) groups is 1. The van der Waals surface area contributed by atoms with Crippen LogP contribution in [0.2, 0.25) is 0 Å². The number of aromatic nitrogens is 4. The molecule has 0 fully saturated rings. The van der Waals surface area contributed by atoms with Crippen LogP contribution in [0.5, 0.6) is 0 Å². The first-order chi connectivity index (χ1) is 14.5. The highest BCUT2D eigenvalue weighted by Crippen LogP contribution is 2.33. The van der Waals surface area contributed by atoms with Crippen molar-refractivity contribution >= 4 is 39.8 Å². The van der Waals surface area contributed by atoms with E-state index in [0.29, 0.717) is 22.0 Å². The van der Waals surface area contributed by atoms with Crippen LogP contribution in [0.15, 0.2) is 57.7 Å². The summed E-state index contributed by atoms with van der Waals surface area (Å²) in [7, 11) is 0. The van der Waals surface area contributed by atoms with Gasteiger partial charge >= 0.3 is 0 Å². The lowest BCUT2D eigenvalue weighted by atomic mass is 10.1. The summed E-state index contributed by atoms with van der Waals surface area (Å²) in [5.41, 5.74) is 4.71. The number of amides is 1. The van der Waals surface area contributed by atoms with E-state index >= 15 is 0 Å². The number of thiazole rings is 1. The Balaban J connectivity index is 1.48. The topological polar surface area (TPSA) is 85.0 Å². The molecule has 1 amide bonds. The van der Waals surface area contributed by atoms with Gasteiger partial charge in [0, 0.05) is 36.0 Å². The SMILES string of the molecule is CC(=O)N(c1nc(CSc2nnc(-c3ccncc3)o2)cs1)c1ccc(C)cc1C. The molecule has 4 aromatic rings. The molecule has 0 radical (unpaired) electrons. The maximum atomic E-state index is 12.4. The highest BCUT2D eigenvalue weighted by Gasteiger charge is 2.20. The Labute approximate surface area is 182 Å². The van der Waals surface area contributed by atoms with E-state index in [-0.39, 0.29) is 5.91 Å². The Morgan fingerprint density at radius 2 is 1.97 bits per heavy atom. The number of benzene rings is 1. The maximum Gasteiger partial charge on any atom is 0.277 e. The molecule has 9 heteroatoms. The first-order valence-corrected chi connectivity index (χ1v) is 11.1. The van der Waals surface area contributed by atoms with E-state index in [2.05, 4.69) is 26.2 Å². The van der Waals surface area contributed by atoms with Crippen LogP contribution in [0, 0.1) is 13.8 Å². The van der Waals surface area contributed by atoms with Crippen LogP contribution in [0.25, 0.3) is 11.5 Å². The summed E-state index contributed by atoms with van der Waals surface area (Å²) >= 11 is 2.85. The zero-order valence-electron chi connectivity index (χ0n) is 16.7. The van der Waals surface area contributed by atoms with Crippen molar-refractivity contribution in [1.29, 1.82) is 0 Å². The zero-order valence-corrected chi connectivity index (χ0v) is 18.3. The molecule has 30 heavy (non-hydrogen) atoms. The number of hydrogen-bond acceptors (Lipinski definition) is 8. The molecule has 0 saturated carbocycles. The Bertz CT molecular complexity index is 1170. The van der Waals surface area contributed by atoms with Gasteiger partial charge in [-0.25, -0.2) is 4.98 Å². The molecule has 4 rings (SSSR count). The molecule has 0 spiro atoms. The lowest BCUT2D eigenvalue weighted by Gasteiger charge is -2.20. The lowest BCUT2D eigenvalue weighted by Crippen LogP contribution is -2.23. The summed E-state index contributed by atoms with van der Waals surface area (Å²) in [5, 5.41) is 11.2. The summed E-state index contributed by atoms with van der Waals surface area (Å²) in [6, 6.07) is 9.65. The molecule has 0 aliphatic rings. The van der Waals surface area contributed by atoms with Gasteiger partial charge < -0.3 is 4.42 Å². The summed E-state index contributed by atoms with van der Waals surface area (Å²) in [6.07, 6.45) is 3.36. The van der Waals surface area contributed by atoms with E-state index in [1.54, 1.807) is 24.2 Å². The first-order valence-electron chi connectivity index (χ1n) is 9.20. The number of anilines is 2. The van der Waals surface area contributed by atoms with E-state index in [4.69, 9.17) is 4.42 Å². The number of rotatable bonds is 6. The average molecular weight is 438 g/mol. The van der Waals surface area contributed by atoms with Gasteiger partial charge in [0.05, 0.1) is 11.4 Å². The molecular weight excluding hydrogens is 418 g/mol. The maximum absolute atomic E-state index is 12.4. The third-order valence-electron chi connectivity index (χ3n) is 4.32. The van der Waals surface area contributed by atoms with Crippen molar-refractivity contribution in [2.75, 3.05) is 4.90 Å². The Kier molecular flexibility index (Phi) is 5.91. The Morgan fingerprint density at radius 1 is 1.17 bits per heavy atom. The minimum atomic E-state index is -0.0746. The van der Waals surface area contributed by atoms with E-state index in [0.717, 1.165) is 28.1 Å². The normalized spacial score (nSPS) is 10.9. The van der Waals surface area contributed by atoms with Crippen LogP contribution >= 0.6 is 23.1 Å². The number of pyridine rings is 1. The summed E-state index contributed by atoms with van der Waals surface area (Å²) in [4.78, 5) is 22.7. The second-order valence-electron chi connectivity index (χ2n) is 6.66. The van der Waals surface area contributed by atoms with E-state index < -0.39 is 0 Å². The number of aryl methyl sites for hydroxylation is 2.